The van der Waals surface area contributed by atoms with Crippen molar-refractivity contribution in [2.75, 3.05) is 40.6 Å². The molecule has 0 saturated carbocycles. The molecular weight excluding hydrogens is 727 g/mol. The highest BCUT2D eigenvalue weighted by molar-refractivity contribution is 7.44. The fraction of sp³-hybridized carbons (Fsp3) is 0.400. The number of fused-ring (bicyclic) bond motifs is 2. The standard InChI is InChI=1S/C45H53N2O8P/c1-8-28-50-40-18-13-12-17-39(40)41-42-43(55-56(53-29-14-27-46)47(32(2)3)33(4)5)44(54-41,30-51-42)31-52-45(34-15-10-9-11-16-34,35-19-23-37(48-6)24-20-35)36-21-25-38(49-7)26-22-36/h8-13,15-26,32-33,41-43H,1,14,28-31H2,2-7H3/t41-,42+,43?,44+,56?/m0/s1. The maximum atomic E-state index is 9.42. The van der Waals surface area contributed by atoms with Crippen LogP contribution in [-0.2, 0) is 28.9 Å². The first-order valence-corrected chi connectivity index (χ1v) is 20.2. The number of benzene rings is 4. The number of nitrogens with zero attached hydrogens (tertiary/aromatic N) is 2. The molecule has 5 atom stereocenters. The molecule has 0 radical (unpaired) electrons. The molecule has 6 rings (SSSR count). The van der Waals surface area contributed by atoms with Crippen LogP contribution in [0.5, 0.6) is 17.2 Å². The summed E-state index contributed by atoms with van der Waals surface area (Å²) >= 11 is 0. The molecule has 2 aliphatic rings. The maximum Gasteiger partial charge on any atom is 0.259 e. The average Bonchev–Trinajstić information content (AvgIpc) is 3.72. The van der Waals surface area contributed by atoms with E-state index in [0.29, 0.717) is 12.4 Å². The zero-order chi connectivity index (χ0) is 39.7. The summed E-state index contributed by atoms with van der Waals surface area (Å²) in [5.74, 6) is 2.14. The monoisotopic (exact) mass is 780 g/mol. The summed E-state index contributed by atoms with van der Waals surface area (Å²) < 4.78 is 54.6. The maximum absolute atomic E-state index is 9.42. The van der Waals surface area contributed by atoms with Crippen molar-refractivity contribution in [1.29, 1.82) is 5.26 Å². The molecule has 4 aromatic rings. The number of hydrogen-bond acceptors (Lipinski definition) is 10. The summed E-state index contributed by atoms with van der Waals surface area (Å²) in [7, 11) is 1.65. The number of methoxy groups -OCH3 is 2. The molecule has 56 heavy (non-hydrogen) atoms. The van der Waals surface area contributed by atoms with Crippen LogP contribution in [0.1, 0.15) is 62.5 Å². The Labute approximate surface area is 332 Å². The van der Waals surface area contributed by atoms with Gasteiger partial charge in [0.2, 0.25) is 0 Å². The summed E-state index contributed by atoms with van der Waals surface area (Å²) in [6, 6.07) is 36.3. The molecule has 10 nitrogen and oxygen atoms in total. The molecule has 0 aliphatic carbocycles. The van der Waals surface area contributed by atoms with Gasteiger partial charge in [0.25, 0.3) is 8.53 Å². The second kappa shape index (κ2) is 18.8. The van der Waals surface area contributed by atoms with Crippen LogP contribution in [0.4, 0.5) is 0 Å². The molecule has 4 aromatic carbocycles. The smallest absolute Gasteiger partial charge is 0.259 e. The van der Waals surface area contributed by atoms with E-state index in [2.05, 4.69) is 57.1 Å². The summed E-state index contributed by atoms with van der Waals surface area (Å²) in [5, 5.41) is 9.42. The third-order valence-electron chi connectivity index (χ3n) is 10.2. The van der Waals surface area contributed by atoms with Crippen molar-refractivity contribution in [2.24, 2.45) is 0 Å². The van der Waals surface area contributed by atoms with Crippen LogP contribution in [0.25, 0.3) is 0 Å². The topological polar surface area (TPSA) is 101 Å². The van der Waals surface area contributed by atoms with Crippen LogP contribution in [0.3, 0.4) is 0 Å². The predicted molar refractivity (Wildman–Crippen MR) is 217 cm³/mol. The first-order valence-electron chi connectivity index (χ1n) is 19.1. The fourth-order valence-electron chi connectivity index (χ4n) is 7.62. The lowest BCUT2D eigenvalue weighted by Gasteiger charge is -2.41. The number of hydrogen-bond donors (Lipinski definition) is 0. The summed E-state index contributed by atoms with van der Waals surface area (Å²) in [6.07, 6.45) is 0.269. The molecule has 0 N–H and O–H groups in total. The van der Waals surface area contributed by atoms with Crippen molar-refractivity contribution in [3.63, 3.8) is 0 Å². The molecule has 2 saturated heterocycles. The minimum absolute atomic E-state index is 0.0814. The fourth-order valence-corrected chi connectivity index (χ4v) is 9.43. The number of ether oxygens (including phenoxy) is 6. The first kappa shape index (κ1) is 41.3. The van der Waals surface area contributed by atoms with Gasteiger partial charge < -0.3 is 37.5 Å². The lowest BCUT2D eigenvalue weighted by atomic mass is 9.79. The van der Waals surface area contributed by atoms with Gasteiger partial charge >= 0.3 is 0 Å². The van der Waals surface area contributed by atoms with Crippen LogP contribution < -0.4 is 14.2 Å². The van der Waals surface area contributed by atoms with Crippen LogP contribution in [-0.4, -0.2) is 75.2 Å². The largest absolute Gasteiger partial charge is 0.497 e. The van der Waals surface area contributed by atoms with Gasteiger partial charge in [-0.05, 0) is 74.7 Å². The van der Waals surface area contributed by atoms with E-state index < -0.39 is 38.0 Å². The Morgan fingerprint density at radius 2 is 1.46 bits per heavy atom. The van der Waals surface area contributed by atoms with Crippen molar-refractivity contribution in [3.05, 3.63) is 138 Å². The lowest BCUT2D eigenvalue weighted by molar-refractivity contribution is -0.184. The van der Waals surface area contributed by atoms with Crippen molar-refractivity contribution in [2.45, 2.75) is 75.7 Å². The normalized spacial score (nSPS) is 21.0. The zero-order valence-electron chi connectivity index (χ0n) is 33.1. The third-order valence-corrected chi connectivity index (χ3v) is 12.3. The molecule has 0 spiro atoms. The van der Waals surface area contributed by atoms with Crippen LogP contribution in [0.15, 0.2) is 116 Å². The molecule has 2 heterocycles. The first-order chi connectivity index (χ1) is 27.2. The van der Waals surface area contributed by atoms with Gasteiger partial charge in [-0.25, -0.2) is 4.67 Å². The van der Waals surface area contributed by atoms with Crippen molar-refractivity contribution in [1.82, 2.24) is 4.67 Å². The Bertz CT molecular complexity index is 1850. The number of rotatable bonds is 20. The van der Waals surface area contributed by atoms with E-state index in [1.807, 2.05) is 91.0 Å². The lowest BCUT2D eigenvalue weighted by Crippen LogP contribution is -2.49. The highest BCUT2D eigenvalue weighted by Crippen LogP contribution is 2.57. The molecule has 0 aromatic heterocycles. The summed E-state index contributed by atoms with van der Waals surface area (Å²) in [5.41, 5.74) is 1.35. The molecule has 11 heteroatoms. The molecular formula is C45H53N2O8P. The molecule has 2 fully saturated rings. The van der Waals surface area contributed by atoms with Crippen LogP contribution in [0.2, 0.25) is 0 Å². The van der Waals surface area contributed by atoms with E-state index in [0.717, 1.165) is 33.8 Å². The number of para-hydroxylation sites is 1. The van der Waals surface area contributed by atoms with E-state index >= 15 is 0 Å². The van der Waals surface area contributed by atoms with E-state index in [4.69, 9.17) is 37.5 Å². The van der Waals surface area contributed by atoms with Crippen LogP contribution in [0, 0.1) is 11.3 Å². The van der Waals surface area contributed by atoms with Crippen molar-refractivity contribution in [3.8, 4) is 23.3 Å². The average molecular weight is 781 g/mol. The highest BCUT2D eigenvalue weighted by atomic mass is 31.2. The predicted octanol–water partition coefficient (Wildman–Crippen LogP) is 9.15. The van der Waals surface area contributed by atoms with E-state index in [9.17, 15) is 5.26 Å². The van der Waals surface area contributed by atoms with E-state index in [-0.39, 0.29) is 38.3 Å². The van der Waals surface area contributed by atoms with Gasteiger partial charge in [-0.15, -0.1) is 0 Å². The Hall–Kier alpha value is -4.30. The molecule has 2 unspecified atom stereocenters. The van der Waals surface area contributed by atoms with Crippen molar-refractivity contribution >= 4 is 8.53 Å². The van der Waals surface area contributed by atoms with Gasteiger partial charge in [0.1, 0.15) is 53.4 Å². The van der Waals surface area contributed by atoms with E-state index in [1.54, 1.807) is 20.3 Å². The summed E-state index contributed by atoms with van der Waals surface area (Å²) in [6.45, 7) is 13.2. The Balaban J connectivity index is 1.48. The molecule has 2 aliphatic heterocycles. The van der Waals surface area contributed by atoms with Gasteiger partial charge in [-0.3, -0.25) is 0 Å². The second-order valence-corrected chi connectivity index (χ2v) is 15.8. The zero-order valence-corrected chi connectivity index (χ0v) is 34.0. The third kappa shape index (κ3) is 8.51. The Kier molecular flexibility index (Phi) is 13.8. The quantitative estimate of drug-likeness (QED) is 0.0374. The highest BCUT2D eigenvalue weighted by Gasteiger charge is 2.65. The van der Waals surface area contributed by atoms with Gasteiger partial charge in [-0.2, -0.15) is 5.26 Å². The Morgan fingerprint density at radius 3 is 2.04 bits per heavy atom. The van der Waals surface area contributed by atoms with Gasteiger partial charge in [0.15, 0.2) is 0 Å². The minimum Gasteiger partial charge on any atom is -0.497 e. The molecule has 296 valence electrons. The minimum atomic E-state index is -1.66. The van der Waals surface area contributed by atoms with Crippen molar-refractivity contribution < 1.29 is 37.5 Å². The SMILES string of the molecule is C=CCOc1ccccc1[C@@H]1O[C@@]2(COC(c3ccccc3)(c3ccc(OC)cc3)c3ccc(OC)cc3)CO[C@H]1C2OP(OCCC#N)N(C(C)C)C(C)C. The van der Waals surface area contributed by atoms with Gasteiger partial charge in [0, 0.05) is 17.6 Å². The molecule has 0 amide bonds. The second-order valence-electron chi connectivity index (χ2n) is 14.4. The van der Waals surface area contributed by atoms with Gasteiger partial charge in [0.05, 0.1) is 46.5 Å². The Morgan fingerprint density at radius 1 is 0.875 bits per heavy atom. The van der Waals surface area contributed by atoms with E-state index in [1.165, 1.54) is 0 Å². The summed E-state index contributed by atoms with van der Waals surface area (Å²) in [4.78, 5) is 0. The number of nitriles is 1. The van der Waals surface area contributed by atoms with Gasteiger partial charge in [-0.1, -0.05) is 85.5 Å². The molecule has 2 bridgehead atoms. The van der Waals surface area contributed by atoms with Crippen LogP contribution >= 0.6 is 8.53 Å².